The topological polar surface area (TPSA) is 61.2 Å². The average molecular weight is 315 g/mol. The Balaban J connectivity index is 2.52. The van der Waals surface area contributed by atoms with E-state index in [0.717, 1.165) is 4.47 Å². The van der Waals surface area contributed by atoms with Crippen molar-refractivity contribution in [3.63, 3.8) is 0 Å². The van der Waals surface area contributed by atoms with Gasteiger partial charge in [-0.05, 0) is 24.1 Å². The molecule has 0 aromatic heterocycles. The van der Waals surface area contributed by atoms with Crippen LogP contribution < -0.4 is 4.31 Å². The van der Waals surface area contributed by atoms with E-state index in [1.807, 2.05) is 13.0 Å². The number of rotatable bonds is 1. The van der Waals surface area contributed by atoms with Gasteiger partial charge >= 0.3 is 0 Å². The molecule has 0 spiro atoms. The molecule has 1 fully saturated rings. The zero-order valence-corrected chi connectivity index (χ0v) is 11.6. The summed E-state index contributed by atoms with van der Waals surface area (Å²) in [6, 6.07) is 7.07. The third-order valence-electron chi connectivity index (χ3n) is 2.66. The lowest BCUT2D eigenvalue weighted by Gasteiger charge is -2.18. The summed E-state index contributed by atoms with van der Waals surface area (Å²) in [7, 11) is -3.27. The van der Waals surface area contributed by atoms with Gasteiger partial charge in [-0.15, -0.1) is 0 Å². The number of nitriles is 1. The first-order chi connectivity index (χ1) is 7.94. The van der Waals surface area contributed by atoms with E-state index in [9.17, 15) is 8.42 Å². The van der Waals surface area contributed by atoms with Crippen molar-refractivity contribution in [2.24, 2.45) is 5.92 Å². The first-order valence-corrected chi connectivity index (χ1v) is 7.54. The minimum atomic E-state index is -3.27. The van der Waals surface area contributed by atoms with Crippen molar-refractivity contribution in [1.29, 1.82) is 5.26 Å². The van der Waals surface area contributed by atoms with Crippen molar-refractivity contribution in [2.45, 2.75) is 6.92 Å². The van der Waals surface area contributed by atoms with Crippen LogP contribution in [0.5, 0.6) is 0 Å². The first kappa shape index (κ1) is 12.4. The average Bonchev–Trinajstić information content (AvgIpc) is 2.51. The molecule has 1 unspecified atom stereocenters. The van der Waals surface area contributed by atoms with Crippen molar-refractivity contribution in [2.75, 3.05) is 16.6 Å². The van der Waals surface area contributed by atoms with E-state index < -0.39 is 10.0 Å². The van der Waals surface area contributed by atoms with E-state index in [1.165, 1.54) is 4.31 Å². The van der Waals surface area contributed by atoms with Crippen LogP contribution in [0.4, 0.5) is 5.69 Å². The SMILES string of the molecule is CC1CN(c2ccc(Br)cc2C#N)S(=O)(=O)C1. The Hall–Kier alpha value is -1.06. The number of nitrogens with zero attached hydrogens (tertiary/aromatic N) is 2. The molecule has 0 aliphatic carbocycles. The van der Waals surface area contributed by atoms with Crippen molar-refractivity contribution >= 4 is 31.6 Å². The summed E-state index contributed by atoms with van der Waals surface area (Å²) in [6.45, 7) is 2.33. The largest absolute Gasteiger partial charge is 0.269 e. The van der Waals surface area contributed by atoms with Gasteiger partial charge in [-0.3, -0.25) is 4.31 Å². The molecule has 1 aromatic rings. The summed E-state index contributed by atoms with van der Waals surface area (Å²) < 4.78 is 26.0. The summed E-state index contributed by atoms with van der Waals surface area (Å²) in [5, 5.41) is 9.05. The van der Waals surface area contributed by atoms with Gasteiger partial charge in [0.15, 0.2) is 0 Å². The van der Waals surface area contributed by atoms with E-state index in [2.05, 4.69) is 15.9 Å². The highest BCUT2D eigenvalue weighted by atomic mass is 79.9. The highest BCUT2D eigenvalue weighted by Gasteiger charge is 2.34. The standard InChI is InChI=1S/C11H11BrN2O2S/c1-8-6-14(17(15,16)7-8)11-3-2-10(12)4-9(11)5-13/h2-4,8H,6-7H2,1H3. The van der Waals surface area contributed by atoms with E-state index >= 15 is 0 Å². The third-order valence-corrected chi connectivity index (χ3v) is 5.16. The Morgan fingerprint density at radius 1 is 1.53 bits per heavy atom. The van der Waals surface area contributed by atoms with Gasteiger partial charge in [-0.1, -0.05) is 22.9 Å². The van der Waals surface area contributed by atoms with Crippen LogP contribution in [0.15, 0.2) is 22.7 Å². The van der Waals surface area contributed by atoms with E-state index in [0.29, 0.717) is 17.8 Å². The molecule has 1 aromatic carbocycles. The maximum atomic E-state index is 11.9. The monoisotopic (exact) mass is 314 g/mol. The molecule has 4 nitrogen and oxygen atoms in total. The van der Waals surface area contributed by atoms with Gasteiger partial charge in [0.1, 0.15) is 6.07 Å². The Kier molecular flexibility index (Phi) is 3.15. The number of halogens is 1. The molecule has 1 aliphatic rings. The molecule has 1 saturated heterocycles. The highest BCUT2D eigenvalue weighted by molar-refractivity contribution is 9.10. The molecule has 6 heteroatoms. The van der Waals surface area contributed by atoms with E-state index in [-0.39, 0.29) is 11.7 Å². The molecule has 0 N–H and O–H groups in total. The second-order valence-electron chi connectivity index (χ2n) is 4.19. The van der Waals surface area contributed by atoms with Crippen molar-refractivity contribution in [3.05, 3.63) is 28.2 Å². The van der Waals surface area contributed by atoms with E-state index in [4.69, 9.17) is 5.26 Å². The zero-order chi connectivity index (χ0) is 12.6. The third kappa shape index (κ3) is 2.31. The fourth-order valence-corrected chi connectivity index (χ4v) is 4.27. The smallest absolute Gasteiger partial charge is 0.235 e. The van der Waals surface area contributed by atoms with Gasteiger partial charge in [0.25, 0.3) is 0 Å². The number of hydrogen-bond acceptors (Lipinski definition) is 3. The van der Waals surface area contributed by atoms with Gasteiger partial charge in [-0.25, -0.2) is 8.42 Å². The molecule has 1 atom stereocenters. The molecule has 0 bridgehead atoms. The van der Waals surface area contributed by atoms with Crippen LogP contribution in [0.2, 0.25) is 0 Å². The lowest BCUT2D eigenvalue weighted by Crippen LogP contribution is -2.26. The summed E-state index contributed by atoms with van der Waals surface area (Å²) >= 11 is 3.27. The van der Waals surface area contributed by atoms with Gasteiger partial charge in [-0.2, -0.15) is 5.26 Å². The number of sulfonamides is 1. The van der Waals surface area contributed by atoms with Gasteiger partial charge in [0, 0.05) is 11.0 Å². The minimum absolute atomic E-state index is 0.0928. The normalized spacial score (nSPS) is 22.4. The molecule has 2 rings (SSSR count). The fourth-order valence-electron chi connectivity index (χ4n) is 1.96. The van der Waals surface area contributed by atoms with Crippen molar-refractivity contribution in [3.8, 4) is 6.07 Å². The van der Waals surface area contributed by atoms with Gasteiger partial charge in [0.05, 0.1) is 17.0 Å². The van der Waals surface area contributed by atoms with Crippen molar-refractivity contribution in [1.82, 2.24) is 0 Å². The number of benzene rings is 1. The van der Waals surface area contributed by atoms with Crippen LogP contribution >= 0.6 is 15.9 Å². The highest BCUT2D eigenvalue weighted by Crippen LogP contribution is 2.31. The zero-order valence-electron chi connectivity index (χ0n) is 9.22. The predicted molar refractivity (Wildman–Crippen MR) is 69.2 cm³/mol. The van der Waals surface area contributed by atoms with Crippen LogP contribution in [0.25, 0.3) is 0 Å². The fraction of sp³-hybridized carbons (Fsp3) is 0.364. The predicted octanol–water partition coefficient (Wildman–Crippen LogP) is 2.11. The molecule has 17 heavy (non-hydrogen) atoms. The Labute approximate surface area is 109 Å². The summed E-state index contributed by atoms with van der Waals surface area (Å²) in [6.07, 6.45) is 0. The lowest BCUT2D eigenvalue weighted by molar-refractivity contribution is 0.598. The van der Waals surface area contributed by atoms with Crippen LogP contribution in [0.3, 0.4) is 0 Å². The summed E-state index contributed by atoms with van der Waals surface area (Å²) in [5.41, 5.74) is 0.845. The Bertz CT molecular complexity index is 592. The second-order valence-corrected chi connectivity index (χ2v) is 7.04. The number of anilines is 1. The molecular weight excluding hydrogens is 304 g/mol. The second kappa shape index (κ2) is 4.31. The maximum Gasteiger partial charge on any atom is 0.235 e. The molecule has 0 amide bonds. The van der Waals surface area contributed by atoms with Crippen LogP contribution in [-0.2, 0) is 10.0 Å². The quantitative estimate of drug-likeness (QED) is 0.797. The minimum Gasteiger partial charge on any atom is -0.269 e. The van der Waals surface area contributed by atoms with Crippen LogP contribution in [-0.4, -0.2) is 20.7 Å². The molecule has 1 heterocycles. The first-order valence-electron chi connectivity index (χ1n) is 5.14. The van der Waals surface area contributed by atoms with Crippen LogP contribution in [0, 0.1) is 17.2 Å². The summed E-state index contributed by atoms with van der Waals surface area (Å²) in [4.78, 5) is 0. The molecular formula is C11H11BrN2O2S. The Morgan fingerprint density at radius 2 is 2.24 bits per heavy atom. The van der Waals surface area contributed by atoms with E-state index in [1.54, 1.807) is 18.2 Å². The number of hydrogen-bond donors (Lipinski definition) is 0. The summed E-state index contributed by atoms with van der Waals surface area (Å²) in [5.74, 6) is 0.240. The molecule has 1 aliphatic heterocycles. The van der Waals surface area contributed by atoms with Gasteiger partial charge < -0.3 is 0 Å². The van der Waals surface area contributed by atoms with Crippen molar-refractivity contribution < 1.29 is 8.42 Å². The Morgan fingerprint density at radius 3 is 2.76 bits per heavy atom. The van der Waals surface area contributed by atoms with Gasteiger partial charge in [0.2, 0.25) is 10.0 Å². The lowest BCUT2D eigenvalue weighted by atomic mass is 10.1. The maximum absolute atomic E-state index is 11.9. The molecule has 90 valence electrons. The molecule has 0 saturated carbocycles. The van der Waals surface area contributed by atoms with Crippen LogP contribution in [0.1, 0.15) is 12.5 Å². The molecule has 0 radical (unpaired) electrons.